The number of ether oxygens (including phenoxy) is 2. The molecule has 0 aliphatic carbocycles. The van der Waals surface area contributed by atoms with E-state index in [9.17, 15) is 9.90 Å². The second-order valence-electron chi connectivity index (χ2n) is 4.19. The zero-order chi connectivity index (χ0) is 15.4. The van der Waals surface area contributed by atoms with E-state index in [1.165, 1.54) is 31.5 Å². The molecule has 0 unspecified atom stereocenters. The van der Waals surface area contributed by atoms with Gasteiger partial charge >= 0.3 is 5.97 Å². The first-order valence-corrected chi connectivity index (χ1v) is 6.01. The van der Waals surface area contributed by atoms with Crippen LogP contribution in [0, 0.1) is 18.3 Å². The number of aryl methyl sites for hydroxylation is 1. The molecular formula is C15H12N2O4. The number of carboxylic acids is 1. The highest BCUT2D eigenvalue weighted by molar-refractivity contribution is 5.91. The van der Waals surface area contributed by atoms with Crippen LogP contribution in [-0.4, -0.2) is 23.2 Å². The number of hydrogen-bond acceptors (Lipinski definition) is 5. The number of carboxylic acid groups (broad SMARTS) is 1. The number of nitrogens with zero attached hydrogens (tertiary/aromatic N) is 2. The summed E-state index contributed by atoms with van der Waals surface area (Å²) >= 11 is 0. The smallest absolute Gasteiger partial charge is 0.339 e. The van der Waals surface area contributed by atoms with Gasteiger partial charge < -0.3 is 14.6 Å². The Morgan fingerprint density at radius 2 is 2.14 bits per heavy atom. The van der Waals surface area contributed by atoms with Gasteiger partial charge in [0.05, 0.1) is 7.11 Å². The summed E-state index contributed by atoms with van der Waals surface area (Å²) in [6.45, 7) is 1.75. The molecule has 1 aromatic carbocycles. The predicted octanol–water partition coefficient (Wildman–Crippen LogP) is 2.76. The standard InChI is InChI=1S/C15H12N2O4/c1-9-5-6-17-14(12(9)8-16)21-13-7-10(20-2)3-4-11(13)15(18)19/h3-7H,1-2H3,(H,18,19). The van der Waals surface area contributed by atoms with Crippen molar-refractivity contribution >= 4 is 5.97 Å². The van der Waals surface area contributed by atoms with Crippen LogP contribution in [0.4, 0.5) is 0 Å². The molecule has 1 aromatic heterocycles. The Morgan fingerprint density at radius 1 is 1.38 bits per heavy atom. The van der Waals surface area contributed by atoms with E-state index >= 15 is 0 Å². The van der Waals surface area contributed by atoms with E-state index in [1.54, 1.807) is 13.0 Å². The van der Waals surface area contributed by atoms with Crippen LogP contribution in [0.3, 0.4) is 0 Å². The van der Waals surface area contributed by atoms with Gasteiger partial charge in [0, 0.05) is 12.3 Å². The molecule has 0 radical (unpaired) electrons. The summed E-state index contributed by atoms with van der Waals surface area (Å²) in [7, 11) is 1.46. The van der Waals surface area contributed by atoms with Crippen molar-refractivity contribution in [3.8, 4) is 23.4 Å². The number of methoxy groups -OCH3 is 1. The first kappa shape index (κ1) is 14.3. The van der Waals surface area contributed by atoms with E-state index in [2.05, 4.69) is 4.98 Å². The van der Waals surface area contributed by atoms with Crippen LogP contribution in [0.25, 0.3) is 0 Å². The Morgan fingerprint density at radius 3 is 2.76 bits per heavy atom. The van der Waals surface area contributed by atoms with Gasteiger partial charge in [-0.25, -0.2) is 9.78 Å². The molecular weight excluding hydrogens is 272 g/mol. The Bertz CT molecular complexity index is 735. The Hall–Kier alpha value is -3.07. The van der Waals surface area contributed by atoms with E-state index in [0.717, 1.165) is 0 Å². The lowest BCUT2D eigenvalue weighted by molar-refractivity contribution is 0.0694. The minimum absolute atomic E-state index is 0.0389. The van der Waals surface area contributed by atoms with Gasteiger partial charge in [0.1, 0.15) is 28.7 Å². The molecule has 0 bridgehead atoms. The lowest BCUT2D eigenvalue weighted by atomic mass is 10.1. The van der Waals surface area contributed by atoms with E-state index in [4.69, 9.17) is 14.7 Å². The topological polar surface area (TPSA) is 92.4 Å². The van der Waals surface area contributed by atoms with Crippen LogP contribution in [0.1, 0.15) is 21.5 Å². The van der Waals surface area contributed by atoms with Crippen molar-refractivity contribution in [1.82, 2.24) is 4.98 Å². The largest absolute Gasteiger partial charge is 0.497 e. The molecule has 0 aliphatic heterocycles. The minimum Gasteiger partial charge on any atom is -0.497 e. The molecule has 106 valence electrons. The van der Waals surface area contributed by atoms with Gasteiger partial charge in [0.25, 0.3) is 0 Å². The van der Waals surface area contributed by atoms with E-state index in [1.807, 2.05) is 6.07 Å². The van der Waals surface area contributed by atoms with Crippen molar-refractivity contribution in [3.63, 3.8) is 0 Å². The third-order valence-corrected chi connectivity index (χ3v) is 2.86. The molecule has 21 heavy (non-hydrogen) atoms. The molecule has 0 fully saturated rings. The van der Waals surface area contributed by atoms with Crippen LogP contribution >= 0.6 is 0 Å². The maximum absolute atomic E-state index is 11.2. The number of pyridine rings is 1. The highest BCUT2D eigenvalue weighted by Crippen LogP contribution is 2.30. The Balaban J connectivity index is 2.51. The molecule has 0 spiro atoms. The number of aromatic nitrogens is 1. The molecule has 0 saturated carbocycles. The summed E-state index contributed by atoms with van der Waals surface area (Å²) in [6, 6.07) is 8.00. The second-order valence-corrected chi connectivity index (χ2v) is 4.19. The zero-order valence-corrected chi connectivity index (χ0v) is 11.5. The number of carbonyl (C=O) groups is 1. The SMILES string of the molecule is COc1ccc(C(=O)O)c(Oc2nccc(C)c2C#N)c1. The van der Waals surface area contributed by atoms with E-state index in [-0.39, 0.29) is 22.8 Å². The van der Waals surface area contributed by atoms with Crippen LogP contribution in [-0.2, 0) is 0 Å². The Kier molecular flexibility index (Phi) is 4.05. The van der Waals surface area contributed by atoms with Crippen molar-refractivity contribution in [2.24, 2.45) is 0 Å². The van der Waals surface area contributed by atoms with Crippen molar-refractivity contribution in [2.75, 3.05) is 7.11 Å². The summed E-state index contributed by atoms with van der Waals surface area (Å²) in [6.07, 6.45) is 1.49. The van der Waals surface area contributed by atoms with Gasteiger partial charge in [-0.05, 0) is 30.7 Å². The molecule has 1 heterocycles. The van der Waals surface area contributed by atoms with Crippen LogP contribution < -0.4 is 9.47 Å². The fraction of sp³-hybridized carbons (Fsp3) is 0.133. The molecule has 0 amide bonds. The summed E-state index contributed by atoms with van der Waals surface area (Å²) in [5, 5.41) is 18.3. The van der Waals surface area contributed by atoms with Crippen molar-refractivity contribution in [1.29, 1.82) is 5.26 Å². The Labute approximate surface area is 121 Å². The fourth-order valence-corrected chi connectivity index (χ4v) is 1.74. The first-order valence-electron chi connectivity index (χ1n) is 6.01. The third-order valence-electron chi connectivity index (χ3n) is 2.86. The third kappa shape index (κ3) is 2.92. The van der Waals surface area contributed by atoms with Crippen molar-refractivity contribution < 1.29 is 19.4 Å². The quantitative estimate of drug-likeness (QED) is 0.928. The van der Waals surface area contributed by atoms with E-state index < -0.39 is 5.97 Å². The predicted molar refractivity (Wildman–Crippen MR) is 73.7 cm³/mol. The maximum atomic E-state index is 11.2. The number of aromatic carboxylic acids is 1. The molecule has 0 saturated heterocycles. The average molecular weight is 284 g/mol. The van der Waals surface area contributed by atoms with Gasteiger partial charge in [-0.3, -0.25) is 0 Å². The van der Waals surface area contributed by atoms with Gasteiger partial charge in [0.15, 0.2) is 0 Å². The molecule has 6 nitrogen and oxygen atoms in total. The summed E-state index contributed by atoms with van der Waals surface area (Å²) in [5.74, 6) is -0.565. The molecule has 6 heteroatoms. The first-order chi connectivity index (χ1) is 10.1. The lowest BCUT2D eigenvalue weighted by Gasteiger charge is -2.11. The van der Waals surface area contributed by atoms with Crippen molar-refractivity contribution in [3.05, 3.63) is 47.2 Å². The molecule has 2 aromatic rings. The number of benzene rings is 1. The van der Waals surface area contributed by atoms with Gasteiger partial charge in [-0.1, -0.05) is 0 Å². The highest BCUT2D eigenvalue weighted by atomic mass is 16.5. The summed E-state index contributed by atoms with van der Waals surface area (Å²) in [4.78, 5) is 15.2. The van der Waals surface area contributed by atoms with Crippen LogP contribution in [0.5, 0.6) is 17.4 Å². The fourth-order valence-electron chi connectivity index (χ4n) is 1.74. The molecule has 0 aliphatic rings. The van der Waals surface area contributed by atoms with Crippen LogP contribution in [0.15, 0.2) is 30.5 Å². The number of hydrogen-bond donors (Lipinski definition) is 1. The molecule has 2 rings (SSSR count). The monoisotopic (exact) mass is 284 g/mol. The van der Waals surface area contributed by atoms with Gasteiger partial charge in [-0.2, -0.15) is 5.26 Å². The molecule has 1 N–H and O–H groups in total. The zero-order valence-electron chi connectivity index (χ0n) is 11.5. The van der Waals surface area contributed by atoms with Crippen LogP contribution in [0.2, 0.25) is 0 Å². The van der Waals surface area contributed by atoms with Gasteiger partial charge in [-0.15, -0.1) is 0 Å². The summed E-state index contributed by atoms with van der Waals surface area (Å²) in [5.41, 5.74) is 0.918. The van der Waals surface area contributed by atoms with E-state index in [0.29, 0.717) is 11.3 Å². The maximum Gasteiger partial charge on any atom is 0.339 e. The number of nitriles is 1. The number of rotatable bonds is 4. The highest BCUT2D eigenvalue weighted by Gasteiger charge is 2.16. The second kappa shape index (κ2) is 5.92. The normalized spacial score (nSPS) is 9.76. The minimum atomic E-state index is -1.14. The van der Waals surface area contributed by atoms with Gasteiger partial charge in [0.2, 0.25) is 5.88 Å². The average Bonchev–Trinajstić information content (AvgIpc) is 2.47. The summed E-state index contributed by atoms with van der Waals surface area (Å²) < 4.78 is 10.6. The lowest BCUT2D eigenvalue weighted by Crippen LogP contribution is -2.02. The van der Waals surface area contributed by atoms with Crippen molar-refractivity contribution in [2.45, 2.75) is 6.92 Å². The molecule has 0 atom stereocenters.